The molecular formula is C14H13Cl3N2O. The Hall–Kier alpha value is -0.970. The SMILES string of the molecule is COc1cc(C(NN)c2ccc(Cl)cc2Cl)ccc1Cl. The normalized spacial score (nSPS) is 12.2. The Labute approximate surface area is 132 Å². The van der Waals surface area contributed by atoms with Crippen LogP contribution >= 0.6 is 34.8 Å². The van der Waals surface area contributed by atoms with E-state index in [-0.39, 0.29) is 6.04 Å². The molecule has 0 amide bonds. The number of hydrogen-bond donors (Lipinski definition) is 2. The van der Waals surface area contributed by atoms with Gasteiger partial charge >= 0.3 is 0 Å². The molecule has 1 unspecified atom stereocenters. The summed E-state index contributed by atoms with van der Waals surface area (Å²) in [7, 11) is 1.56. The zero-order valence-electron chi connectivity index (χ0n) is 10.7. The van der Waals surface area contributed by atoms with E-state index in [4.69, 9.17) is 45.4 Å². The Balaban J connectivity index is 2.46. The molecule has 2 aromatic carbocycles. The van der Waals surface area contributed by atoms with E-state index >= 15 is 0 Å². The highest BCUT2D eigenvalue weighted by molar-refractivity contribution is 6.35. The molecule has 0 aliphatic carbocycles. The first kappa shape index (κ1) is 15.4. The third-order valence-electron chi connectivity index (χ3n) is 2.95. The van der Waals surface area contributed by atoms with E-state index in [2.05, 4.69) is 5.43 Å². The second kappa shape index (κ2) is 6.66. The van der Waals surface area contributed by atoms with Crippen LogP contribution in [-0.2, 0) is 0 Å². The standard InChI is InChI=1S/C14H13Cl3N2O/c1-20-13-6-8(2-5-11(13)16)14(19-18)10-4-3-9(15)7-12(10)17/h2-7,14,19H,18H2,1H3. The number of nitrogens with two attached hydrogens (primary N) is 1. The summed E-state index contributed by atoms with van der Waals surface area (Å²) >= 11 is 18.1. The average molecular weight is 332 g/mol. The molecule has 6 heteroatoms. The van der Waals surface area contributed by atoms with Crippen molar-refractivity contribution < 1.29 is 4.74 Å². The van der Waals surface area contributed by atoms with Crippen LogP contribution in [0.2, 0.25) is 15.1 Å². The molecule has 0 aromatic heterocycles. The van der Waals surface area contributed by atoms with Gasteiger partial charge in [0.25, 0.3) is 0 Å². The molecule has 106 valence electrons. The van der Waals surface area contributed by atoms with Gasteiger partial charge in [0.2, 0.25) is 0 Å². The molecule has 2 aromatic rings. The quantitative estimate of drug-likeness (QED) is 0.652. The molecule has 3 N–H and O–H groups in total. The van der Waals surface area contributed by atoms with E-state index in [1.54, 1.807) is 25.3 Å². The van der Waals surface area contributed by atoms with Crippen LogP contribution in [0.25, 0.3) is 0 Å². The number of rotatable bonds is 4. The Bertz CT molecular complexity index is 619. The molecule has 0 aliphatic heterocycles. The van der Waals surface area contributed by atoms with Crippen molar-refractivity contribution in [1.29, 1.82) is 0 Å². The molecule has 1 atom stereocenters. The molecule has 20 heavy (non-hydrogen) atoms. The fourth-order valence-electron chi connectivity index (χ4n) is 1.96. The molecule has 2 rings (SSSR count). The molecule has 0 heterocycles. The fourth-order valence-corrected chi connectivity index (χ4v) is 2.67. The van der Waals surface area contributed by atoms with Gasteiger partial charge in [-0.25, -0.2) is 5.43 Å². The second-order valence-corrected chi connectivity index (χ2v) is 5.41. The summed E-state index contributed by atoms with van der Waals surface area (Å²) in [6, 6.07) is 10.4. The molecule has 0 saturated carbocycles. The summed E-state index contributed by atoms with van der Waals surface area (Å²) in [6.07, 6.45) is 0. The predicted molar refractivity (Wildman–Crippen MR) is 83.6 cm³/mol. The fraction of sp³-hybridized carbons (Fsp3) is 0.143. The number of ether oxygens (including phenoxy) is 1. The van der Waals surface area contributed by atoms with Crippen LogP contribution in [0.1, 0.15) is 17.2 Å². The number of methoxy groups -OCH3 is 1. The number of benzene rings is 2. The number of hydrazine groups is 1. The molecule has 0 aliphatic rings. The zero-order chi connectivity index (χ0) is 14.7. The van der Waals surface area contributed by atoms with E-state index in [9.17, 15) is 0 Å². The van der Waals surface area contributed by atoms with Crippen LogP contribution in [0.4, 0.5) is 0 Å². The maximum atomic E-state index is 6.22. The largest absolute Gasteiger partial charge is 0.495 e. The lowest BCUT2D eigenvalue weighted by atomic mass is 9.99. The van der Waals surface area contributed by atoms with Gasteiger partial charge in [0.15, 0.2) is 0 Å². The van der Waals surface area contributed by atoms with Crippen molar-refractivity contribution >= 4 is 34.8 Å². The average Bonchev–Trinajstić information content (AvgIpc) is 2.43. The topological polar surface area (TPSA) is 47.3 Å². The minimum atomic E-state index is -0.286. The summed E-state index contributed by atoms with van der Waals surface area (Å²) in [5.41, 5.74) is 4.45. The van der Waals surface area contributed by atoms with E-state index in [1.165, 1.54) is 0 Å². The van der Waals surface area contributed by atoms with Gasteiger partial charge in [0, 0.05) is 10.0 Å². The van der Waals surface area contributed by atoms with Crippen molar-refractivity contribution in [2.75, 3.05) is 7.11 Å². The Morgan fingerprint density at radius 1 is 1.05 bits per heavy atom. The molecule has 0 spiro atoms. The first-order chi connectivity index (χ1) is 9.56. The summed E-state index contributed by atoms with van der Waals surface area (Å²) < 4.78 is 5.21. The minimum Gasteiger partial charge on any atom is -0.495 e. The minimum absolute atomic E-state index is 0.286. The van der Waals surface area contributed by atoms with Crippen molar-refractivity contribution in [2.45, 2.75) is 6.04 Å². The lowest BCUT2D eigenvalue weighted by molar-refractivity contribution is 0.414. The van der Waals surface area contributed by atoms with Gasteiger partial charge in [0.05, 0.1) is 18.2 Å². The lowest BCUT2D eigenvalue weighted by Crippen LogP contribution is -2.29. The van der Waals surface area contributed by atoms with Crippen molar-refractivity contribution in [2.24, 2.45) is 5.84 Å². The van der Waals surface area contributed by atoms with Gasteiger partial charge in [-0.3, -0.25) is 5.84 Å². The first-order valence-electron chi connectivity index (χ1n) is 5.81. The molecule has 3 nitrogen and oxygen atoms in total. The Morgan fingerprint density at radius 2 is 1.80 bits per heavy atom. The third-order valence-corrected chi connectivity index (χ3v) is 3.82. The lowest BCUT2D eigenvalue weighted by Gasteiger charge is -2.19. The molecule has 0 saturated heterocycles. The van der Waals surface area contributed by atoms with Crippen molar-refractivity contribution in [3.8, 4) is 5.75 Å². The van der Waals surface area contributed by atoms with Crippen LogP contribution in [-0.4, -0.2) is 7.11 Å². The highest BCUT2D eigenvalue weighted by Gasteiger charge is 2.17. The summed E-state index contributed by atoms with van der Waals surface area (Å²) in [4.78, 5) is 0. The number of hydrogen-bond acceptors (Lipinski definition) is 3. The Kier molecular flexibility index (Phi) is 5.13. The van der Waals surface area contributed by atoms with E-state index < -0.39 is 0 Å². The van der Waals surface area contributed by atoms with Gasteiger partial charge in [0.1, 0.15) is 5.75 Å². The van der Waals surface area contributed by atoms with Gasteiger partial charge in [-0.05, 0) is 35.4 Å². The molecule has 0 fully saturated rings. The summed E-state index contributed by atoms with van der Waals surface area (Å²) in [5.74, 6) is 6.24. The van der Waals surface area contributed by atoms with Crippen LogP contribution in [0.5, 0.6) is 5.75 Å². The second-order valence-electron chi connectivity index (χ2n) is 4.16. The predicted octanol–water partition coefficient (Wildman–Crippen LogP) is 4.21. The van der Waals surface area contributed by atoms with Gasteiger partial charge in [-0.1, -0.05) is 46.9 Å². The van der Waals surface area contributed by atoms with E-state index in [1.807, 2.05) is 18.2 Å². The third kappa shape index (κ3) is 3.19. The van der Waals surface area contributed by atoms with Crippen LogP contribution in [0.3, 0.4) is 0 Å². The summed E-state index contributed by atoms with van der Waals surface area (Å²) in [6.45, 7) is 0. The first-order valence-corrected chi connectivity index (χ1v) is 6.94. The van der Waals surface area contributed by atoms with Crippen LogP contribution in [0.15, 0.2) is 36.4 Å². The Morgan fingerprint density at radius 3 is 2.40 bits per heavy atom. The van der Waals surface area contributed by atoms with E-state index in [0.717, 1.165) is 11.1 Å². The van der Waals surface area contributed by atoms with Crippen LogP contribution in [0, 0.1) is 0 Å². The number of nitrogens with one attached hydrogen (secondary N) is 1. The summed E-state index contributed by atoms with van der Waals surface area (Å²) in [5, 5.41) is 1.65. The highest BCUT2D eigenvalue weighted by atomic mass is 35.5. The van der Waals surface area contributed by atoms with Crippen molar-refractivity contribution in [3.63, 3.8) is 0 Å². The van der Waals surface area contributed by atoms with E-state index in [0.29, 0.717) is 20.8 Å². The maximum absolute atomic E-state index is 6.22. The number of halogens is 3. The monoisotopic (exact) mass is 330 g/mol. The maximum Gasteiger partial charge on any atom is 0.137 e. The van der Waals surface area contributed by atoms with Gasteiger partial charge in [-0.2, -0.15) is 0 Å². The van der Waals surface area contributed by atoms with Gasteiger partial charge in [-0.15, -0.1) is 0 Å². The smallest absolute Gasteiger partial charge is 0.137 e. The zero-order valence-corrected chi connectivity index (χ0v) is 12.9. The van der Waals surface area contributed by atoms with Crippen molar-refractivity contribution in [3.05, 3.63) is 62.6 Å². The van der Waals surface area contributed by atoms with Crippen LogP contribution < -0.4 is 16.0 Å². The molecular weight excluding hydrogens is 319 g/mol. The van der Waals surface area contributed by atoms with Crippen molar-refractivity contribution in [1.82, 2.24) is 5.43 Å². The highest BCUT2D eigenvalue weighted by Crippen LogP contribution is 2.33. The van der Waals surface area contributed by atoms with Gasteiger partial charge < -0.3 is 4.74 Å². The molecule has 0 radical (unpaired) electrons. The molecule has 0 bridgehead atoms.